The zero-order chi connectivity index (χ0) is 21.0. The van der Waals surface area contributed by atoms with E-state index in [-0.39, 0.29) is 5.69 Å². The number of hydrogen-bond donors (Lipinski definition) is 4. The van der Waals surface area contributed by atoms with Crippen LogP contribution in [0.3, 0.4) is 0 Å². The van der Waals surface area contributed by atoms with Gasteiger partial charge in [-0.1, -0.05) is 6.92 Å². The molecule has 0 saturated carbocycles. The smallest absolute Gasteiger partial charge is 0.328 e. The molecule has 1 atom stereocenters. The van der Waals surface area contributed by atoms with Gasteiger partial charge in [-0.15, -0.1) is 11.3 Å². The van der Waals surface area contributed by atoms with E-state index in [2.05, 4.69) is 28.4 Å². The molecule has 29 heavy (non-hydrogen) atoms. The predicted octanol–water partition coefficient (Wildman–Crippen LogP) is 2.73. The second kappa shape index (κ2) is 8.99. The van der Waals surface area contributed by atoms with Crippen molar-refractivity contribution in [2.45, 2.75) is 26.2 Å². The number of thiophene rings is 1. The van der Waals surface area contributed by atoms with Gasteiger partial charge < -0.3 is 10.6 Å². The molecule has 1 aromatic carbocycles. The molecule has 1 heterocycles. The van der Waals surface area contributed by atoms with E-state index in [0.717, 1.165) is 31.4 Å². The fraction of sp³-hybridized carbons (Fsp3) is 0.316. The third kappa shape index (κ3) is 5.50. The molecule has 0 spiro atoms. The van der Waals surface area contributed by atoms with Crippen LogP contribution in [0.5, 0.6) is 0 Å². The Morgan fingerprint density at radius 1 is 1.14 bits per heavy atom. The van der Waals surface area contributed by atoms with Gasteiger partial charge in [0.25, 0.3) is 5.91 Å². The molecule has 4 N–H and O–H groups in total. The zero-order valence-electron chi connectivity index (χ0n) is 15.6. The Kier molecular flexibility index (Phi) is 6.42. The Morgan fingerprint density at radius 2 is 1.93 bits per heavy atom. The number of carbonyl (C=O) groups excluding carboxylic acids is 3. The van der Waals surface area contributed by atoms with E-state index >= 15 is 0 Å². The number of carbonyl (C=O) groups is 3. The summed E-state index contributed by atoms with van der Waals surface area (Å²) >= 11 is 1.41. The standard InChI is InChI=1S/C19H20F2N4O3S/c1-10-2-5-15-11(6-10)7-16(29-15)18(27)24-25-19(28)22-9-17(26)23-12-3-4-13(20)14(21)8-12/h3-4,7-8,10H,2,5-6,9H2,1H3,(H,23,26)(H,24,27)(H2,22,25,28). The summed E-state index contributed by atoms with van der Waals surface area (Å²) in [6, 6.07) is 3.96. The van der Waals surface area contributed by atoms with Crippen molar-refractivity contribution in [1.29, 1.82) is 0 Å². The lowest BCUT2D eigenvalue weighted by Crippen LogP contribution is -2.48. The van der Waals surface area contributed by atoms with Crippen molar-refractivity contribution in [3.8, 4) is 0 Å². The molecule has 1 unspecified atom stereocenters. The van der Waals surface area contributed by atoms with Crippen LogP contribution in [0, 0.1) is 17.6 Å². The van der Waals surface area contributed by atoms with Crippen molar-refractivity contribution >= 4 is 34.9 Å². The van der Waals surface area contributed by atoms with Crippen molar-refractivity contribution in [2.75, 3.05) is 11.9 Å². The molecule has 1 aliphatic rings. The predicted molar refractivity (Wildman–Crippen MR) is 104 cm³/mol. The zero-order valence-corrected chi connectivity index (χ0v) is 16.4. The van der Waals surface area contributed by atoms with Crippen LogP contribution in [0.15, 0.2) is 24.3 Å². The summed E-state index contributed by atoms with van der Waals surface area (Å²) < 4.78 is 26.0. The Balaban J connectivity index is 1.42. The molecular formula is C19H20F2N4O3S. The quantitative estimate of drug-likeness (QED) is 0.570. The van der Waals surface area contributed by atoms with Crippen molar-refractivity contribution in [2.24, 2.45) is 5.92 Å². The lowest BCUT2D eigenvalue weighted by atomic mass is 9.90. The highest BCUT2D eigenvalue weighted by Crippen LogP contribution is 2.32. The lowest BCUT2D eigenvalue weighted by Gasteiger charge is -2.16. The fourth-order valence-electron chi connectivity index (χ4n) is 2.98. The first-order valence-electron chi connectivity index (χ1n) is 9.02. The Hall–Kier alpha value is -3.01. The van der Waals surface area contributed by atoms with Gasteiger partial charge >= 0.3 is 6.03 Å². The SMILES string of the molecule is CC1CCc2sc(C(=O)NNC(=O)NCC(=O)Nc3ccc(F)c(F)c3)cc2C1. The van der Waals surface area contributed by atoms with Crippen molar-refractivity contribution in [1.82, 2.24) is 16.2 Å². The molecule has 1 aliphatic carbocycles. The summed E-state index contributed by atoms with van der Waals surface area (Å²) in [7, 11) is 0. The molecule has 0 fully saturated rings. The van der Waals surface area contributed by atoms with E-state index in [1.165, 1.54) is 27.8 Å². The summed E-state index contributed by atoms with van der Waals surface area (Å²) in [6.45, 7) is 1.75. The van der Waals surface area contributed by atoms with Crippen LogP contribution in [0.25, 0.3) is 0 Å². The van der Waals surface area contributed by atoms with Gasteiger partial charge in [0.15, 0.2) is 11.6 Å². The van der Waals surface area contributed by atoms with Gasteiger partial charge in [-0.25, -0.2) is 19.0 Å². The molecule has 0 radical (unpaired) electrons. The Morgan fingerprint density at radius 3 is 2.69 bits per heavy atom. The molecule has 2 aromatic rings. The summed E-state index contributed by atoms with van der Waals surface area (Å²) in [5.41, 5.74) is 5.70. The number of benzene rings is 1. The number of nitrogens with one attached hydrogen (secondary N) is 4. The molecule has 0 aliphatic heterocycles. The van der Waals surface area contributed by atoms with Crippen LogP contribution >= 0.6 is 11.3 Å². The van der Waals surface area contributed by atoms with Gasteiger partial charge in [-0.3, -0.25) is 15.0 Å². The first-order chi connectivity index (χ1) is 13.8. The van der Waals surface area contributed by atoms with E-state index in [1.807, 2.05) is 6.07 Å². The van der Waals surface area contributed by atoms with Gasteiger partial charge in [0, 0.05) is 16.6 Å². The van der Waals surface area contributed by atoms with E-state index in [1.54, 1.807) is 0 Å². The first kappa shape index (κ1) is 20.7. The second-order valence-electron chi connectivity index (χ2n) is 6.85. The first-order valence-corrected chi connectivity index (χ1v) is 9.84. The summed E-state index contributed by atoms with van der Waals surface area (Å²) in [5, 5.41) is 4.56. The maximum atomic E-state index is 13.1. The topological polar surface area (TPSA) is 99.3 Å². The number of rotatable bonds is 4. The number of halogens is 2. The average Bonchev–Trinajstić information content (AvgIpc) is 3.10. The third-order valence-electron chi connectivity index (χ3n) is 4.46. The number of anilines is 1. The fourth-order valence-corrected chi connectivity index (χ4v) is 4.08. The number of aryl methyl sites for hydroxylation is 1. The van der Waals surface area contributed by atoms with E-state index in [4.69, 9.17) is 0 Å². The molecule has 4 amide bonds. The van der Waals surface area contributed by atoms with Crippen LogP contribution in [0.1, 0.15) is 33.5 Å². The number of fused-ring (bicyclic) bond motifs is 1. The van der Waals surface area contributed by atoms with Crippen LogP contribution in [-0.4, -0.2) is 24.4 Å². The minimum Gasteiger partial charge on any atom is -0.328 e. The molecule has 1 aromatic heterocycles. The second-order valence-corrected chi connectivity index (χ2v) is 7.98. The maximum absolute atomic E-state index is 13.1. The Bertz CT molecular complexity index is 948. The molecule has 3 rings (SSSR count). The van der Waals surface area contributed by atoms with Crippen molar-refractivity contribution in [3.63, 3.8) is 0 Å². The highest BCUT2D eigenvalue weighted by atomic mass is 32.1. The van der Waals surface area contributed by atoms with Crippen molar-refractivity contribution < 1.29 is 23.2 Å². The normalized spacial score (nSPS) is 15.2. The Labute approximate surface area is 169 Å². The number of hydrazine groups is 1. The van der Waals surface area contributed by atoms with Gasteiger partial charge in [-0.2, -0.15) is 0 Å². The molecule has 7 nitrogen and oxygen atoms in total. The van der Waals surface area contributed by atoms with Crippen LogP contribution in [-0.2, 0) is 17.6 Å². The van der Waals surface area contributed by atoms with Gasteiger partial charge in [0.1, 0.15) is 0 Å². The third-order valence-corrected chi connectivity index (χ3v) is 5.69. The summed E-state index contributed by atoms with van der Waals surface area (Å²) in [6.07, 6.45) is 3.00. The van der Waals surface area contributed by atoms with Gasteiger partial charge in [0.05, 0.1) is 11.4 Å². The monoisotopic (exact) mass is 422 g/mol. The molecular weight excluding hydrogens is 402 g/mol. The maximum Gasteiger partial charge on any atom is 0.333 e. The van der Waals surface area contributed by atoms with E-state index in [9.17, 15) is 23.2 Å². The molecule has 0 saturated heterocycles. The number of hydrogen-bond acceptors (Lipinski definition) is 4. The van der Waals surface area contributed by atoms with Crippen molar-refractivity contribution in [3.05, 3.63) is 51.2 Å². The van der Waals surface area contributed by atoms with Gasteiger partial charge in [0.2, 0.25) is 5.91 Å². The minimum absolute atomic E-state index is 0.0559. The number of amides is 4. The molecule has 10 heteroatoms. The summed E-state index contributed by atoms with van der Waals surface area (Å²) in [4.78, 5) is 37.4. The van der Waals surface area contributed by atoms with Crippen LogP contribution in [0.2, 0.25) is 0 Å². The van der Waals surface area contributed by atoms with Gasteiger partial charge in [-0.05, 0) is 48.9 Å². The molecule has 0 bridgehead atoms. The molecule has 154 valence electrons. The summed E-state index contributed by atoms with van der Waals surface area (Å²) in [5.74, 6) is -2.61. The van der Waals surface area contributed by atoms with E-state index < -0.39 is 36.0 Å². The average molecular weight is 422 g/mol. The van der Waals surface area contributed by atoms with Crippen LogP contribution in [0.4, 0.5) is 19.3 Å². The van der Waals surface area contributed by atoms with E-state index in [0.29, 0.717) is 10.8 Å². The lowest BCUT2D eigenvalue weighted by molar-refractivity contribution is -0.115. The highest BCUT2D eigenvalue weighted by Gasteiger charge is 2.21. The highest BCUT2D eigenvalue weighted by molar-refractivity contribution is 7.14. The largest absolute Gasteiger partial charge is 0.333 e. The van der Waals surface area contributed by atoms with Crippen LogP contribution < -0.4 is 21.5 Å². The minimum atomic E-state index is -1.10. The number of urea groups is 1.